The zero-order valence-corrected chi connectivity index (χ0v) is 15.0. The van der Waals surface area contributed by atoms with Crippen molar-refractivity contribution in [1.82, 2.24) is 0 Å². The third-order valence-electron chi connectivity index (χ3n) is 3.34. The van der Waals surface area contributed by atoms with Gasteiger partial charge in [-0.1, -0.05) is 63.3 Å². The first-order chi connectivity index (χ1) is 11.5. The van der Waals surface area contributed by atoms with Crippen LogP contribution in [0.25, 0.3) is 0 Å². The van der Waals surface area contributed by atoms with Gasteiger partial charge in [-0.3, -0.25) is 4.79 Å². The van der Waals surface area contributed by atoms with E-state index in [1.165, 1.54) is 44.9 Å². The van der Waals surface area contributed by atoms with E-state index in [9.17, 15) is 4.79 Å². The number of unbranched alkanes of at least 4 members (excludes halogenated alkanes) is 8. The fourth-order valence-corrected chi connectivity index (χ4v) is 2.09. The molecular formula is C19H34O5. The molecule has 0 aromatic heterocycles. The van der Waals surface area contributed by atoms with E-state index in [1.807, 2.05) is 0 Å². The second kappa shape index (κ2) is 21.2. The molecule has 0 aromatic carbocycles. The van der Waals surface area contributed by atoms with E-state index in [0.717, 1.165) is 25.7 Å². The second-order valence-corrected chi connectivity index (χ2v) is 5.66. The van der Waals surface area contributed by atoms with E-state index < -0.39 is 12.1 Å². The van der Waals surface area contributed by atoms with Crippen LogP contribution in [-0.2, 0) is 4.79 Å². The van der Waals surface area contributed by atoms with Gasteiger partial charge in [-0.2, -0.15) is 0 Å². The molecule has 0 aliphatic rings. The molecule has 0 saturated heterocycles. The van der Waals surface area contributed by atoms with E-state index in [1.54, 1.807) is 0 Å². The lowest BCUT2D eigenvalue weighted by Crippen LogP contribution is -1.93. The average molecular weight is 342 g/mol. The Morgan fingerprint density at radius 3 is 1.67 bits per heavy atom. The molecule has 0 rings (SSSR count). The van der Waals surface area contributed by atoms with Gasteiger partial charge in [-0.05, 0) is 38.5 Å². The van der Waals surface area contributed by atoms with Crippen molar-refractivity contribution in [1.29, 1.82) is 0 Å². The summed E-state index contributed by atoms with van der Waals surface area (Å²) in [4.78, 5) is 18.9. The van der Waals surface area contributed by atoms with Crippen molar-refractivity contribution in [2.45, 2.75) is 84.0 Å². The van der Waals surface area contributed by atoms with Crippen molar-refractivity contribution in [2.24, 2.45) is 0 Å². The Balaban J connectivity index is 0. The van der Waals surface area contributed by atoms with E-state index in [2.05, 4.69) is 31.2 Å². The predicted molar refractivity (Wildman–Crippen MR) is 97.6 cm³/mol. The molecule has 0 radical (unpaired) electrons. The molecule has 0 unspecified atom stereocenters. The summed E-state index contributed by atoms with van der Waals surface area (Å²) in [5.74, 6) is -0.671. The highest BCUT2D eigenvalue weighted by Gasteiger charge is 1.95. The summed E-state index contributed by atoms with van der Waals surface area (Å²) < 4.78 is 0. The fourth-order valence-electron chi connectivity index (χ4n) is 2.09. The SMILES string of the molecule is CCCCC/C=C\C/C=C\CCCCCCCC(=O)O.O=C(O)O. The zero-order valence-electron chi connectivity index (χ0n) is 15.0. The molecular weight excluding hydrogens is 308 g/mol. The van der Waals surface area contributed by atoms with Gasteiger partial charge in [0.25, 0.3) is 0 Å². The van der Waals surface area contributed by atoms with E-state index in [-0.39, 0.29) is 0 Å². The maximum Gasteiger partial charge on any atom is 0.503 e. The van der Waals surface area contributed by atoms with E-state index >= 15 is 0 Å². The van der Waals surface area contributed by atoms with Crippen molar-refractivity contribution in [3.05, 3.63) is 24.3 Å². The molecule has 0 aliphatic heterocycles. The quantitative estimate of drug-likeness (QED) is 0.261. The maximum absolute atomic E-state index is 10.3. The summed E-state index contributed by atoms with van der Waals surface area (Å²) in [6, 6.07) is 0. The van der Waals surface area contributed by atoms with Gasteiger partial charge in [0.2, 0.25) is 0 Å². The van der Waals surface area contributed by atoms with Crippen LogP contribution in [0, 0.1) is 0 Å². The third-order valence-corrected chi connectivity index (χ3v) is 3.34. The second-order valence-electron chi connectivity index (χ2n) is 5.66. The van der Waals surface area contributed by atoms with Gasteiger partial charge >= 0.3 is 12.1 Å². The number of carbonyl (C=O) groups is 2. The summed E-state index contributed by atoms with van der Waals surface area (Å²) in [6.07, 6.45) is 20.4. The molecule has 140 valence electrons. The lowest BCUT2D eigenvalue weighted by Gasteiger charge is -1.98. The van der Waals surface area contributed by atoms with Gasteiger partial charge in [0.15, 0.2) is 0 Å². The van der Waals surface area contributed by atoms with Crippen LogP contribution in [0.3, 0.4) is 0 Å². The van der Waals surface area contributed by atoms with Crippen LogP contribution >= 0.6 is 0 Å². The van der Waals surface area contributed by atoms with Crippen LogP contribution in [0.2, 0.25) is 0 Å². The topological polar surface area (TPSA) is 94.8 Å². The summed E-state index contributed by atoms with van der Waals surface area (Å²) in [7, 11) is 0. The maximum atomic E-state index is 10.3. The molecule has 5 nitrogen and oxygen atoms in total. The van der Waals surface area contributed by atoms with Crippen LogP contribution < -0.4 is 0 Å². The zero-order chi connectivity index (χ0) is 18.5. The number of rotatable bonds is 14. The van der Waals surface area contributed by atoms with Crippen molar-refractivity contribution >= 4 is 12.1 Å². The molecule has 0 amide bonds. The minimum atomic E-state index is -1.83. The Morgan fingerprint density at radius 1 is 0.708 bits per heavy atom. The fraction of sp³-hybridized carbons (Fsp3) is 0.684. The van der Waals surface area contributed by atoms with Crippen molar-refractivity contribution < 1.29 is 24.9 Å². The predicted octanol–water partition coefficient (Wildman–Crippen LogP) is 6.11. The normalized spacial score (nSPS) is 10.7. The molecule has 3 N–H and O–H groups in total. The minimum Gasteiger partial charge on any atom is -0.481 e. The summed E-state index contributed by atoms with van der Waals surface area (Å²) in [5, 5.41) is 22.4. The van der Waals surface area contributed by atoms with Crippen molar-refractivity contribution in [3.63, 3.8) is 0 Å². The molecule has 0 atom stereocenters. The first-order valence-corrected chi connectivity index (χ1v) is 8.94. The molecule has 0 bridgehead atoms. The Hall–Kier alpha value is -1.78. The van der Waals surface area contributed by atoms with Gasteiger partial charge < -0.3 is 15.3 Å². The lowest BCUT2D eigenvalue weighted by molar-refractivity contribution is -0.137. The molecule has 24 heavy (non-hydrogen) atoms. The average Bonchev–Trinajstić information content (AvgIpc) is 2.50. The van der Waals surface area contributed by atoms with E-state index in [4.69, 9.17) is 20.1 Å². The summed E-state index contributed by atoms with van der Waals surface area (Å²) >= 11 is 0. The van der Waals surface area contributed by atoms with Crippen LogP contribution in [-0.4, -0.2) is 27.4 Å². The number of allylic oxidation sites excluding steroid dienone is 4. The van der Waals surface area contributed by atoms with E-state index in [0.29, 0.717) is 6.42 Å². The minimum absolute atomic E-state index is 0.324. The molecule has 0 heterocycles. The van der Waals surface area contributed by atoms with Gasteiger partial charge in [-0.25, -0.2) is 4.79 Å². The number of hydrogen-bond acceptors (Lipinski definition) is 2. The standard InChI is InChI=1S/C18H32O2.CH2O3/c1-2-3-4-5-6-7-8-9-10-11-12-13-14-15-16-17-18(19)20;2-1(3)4/h6-7,9-10H,2-5,8,11-17H2,1H3,(H,19,20);(H2,2,3,4)/b7-6-,10-9-;. The van der Waals surface area contributed by atoms with Gasteiger partial charge in [0, 0.05) is 6.42 Å². The highest BCUT2D eigenvalue weighted by atomic mass is 16.6. The highest BCUT2D eigenvalue weighted by Crippen LogP contribution is 2.08. The van der Waals surface area contributed by atoms with Crippen LogP contribution in [0.1, 0.15) is 84.0 Å². The third kappa shape index (κ3) is 32.2. The van der Waals surface area contributed by atoms with Gasteiger partial charge in [0.1, 0.15) is 0 Å². The lowest BCUT2D eigenvalue weighted by atomic mass is 10.1. The monoisotopic (exact) mass is 342 g/mol. The Morgan fingerprint density at radius 2 is 1.17 bits per heavy atom. The molecule has 0 aliphatic carbocycles. The molecule has 0 aromatic rings. The molecule has 0 saturated carbocycles. The molecule has 0 spiro atoms. The Bertz CT molecular complexity index is 344. The molecule has 0 fully saturated rings. The first kappa shape index (κ1) is 24.5. The largest absolute Gasteiger partial charge is 0.503 e. The van der Waals surface area contributed by atoms with Gasteiger partial charge in [-0.15, -0.1) is 0 Å². The van der Waals surface area contributed by atoms with Crippen LogP contribution in [0.5, 0.6) is 0 Å². The van der Waals surface area contributed by atoms with Crippen LogP contribution in [0.4, 0.5) is 4.79 Å². The Kier molecular flexibility index (Phi) is 21.6. The number of hydrogen-bond donors (Lipinski definition) is 3. The molecule has 5 heteroatoms. The number of carboxylic acids is 1. The van der Waals surface area contributed by atoms with Crippen molar-refractivity contribution in [3.8, 4) is 0 Å². The van der Waals surface area contributed by atoms with Crippen molar-refractivity contribution in [2.75, 3.05) is 0 Å². The summed E-state index contributed by atoms with van der Waals surface area (Å²) in [6.45, 7) is 2.23. The first-order valence-electron chi connectivity index (χ1n) is 8.94. The smallest absolute Gasteiger partial charge is 0.481 e. The van der Waals surface area contributed by atoms with Crippen LogP contribution in [0.15, 0.2) is 24.3 Å². The number of aliphatic carboxylic acids is 1. The highest BCUT2D eigenvalue weighted by molar-refractivity contribution is 5.66. The van der Waals surface area contributed by atoms with Gasteiger partial charge in [0.05, 0.1) is 0 Å². The Labute approximate surface area is 146 Å². The summed E-state index contributed by atoms with van der Waals surface area (Å²) in [5.41, 5.74) is 0. The number of carboxylic acid groups (broad SMARTS) is 3.